The van der Waals surface area contributed by atoms with Gasteiger partial charge >= 0.3 is 0 Å². The molecule has 3 aromatic rings. The van der Waals surface area contributed by atoms with Crippen molar-refractivity contribution in [3.63, 3.8) is 0 Å². The Kier molecular flexibility index (Phi) is 2.22. The highest BCUT2D eigenvalue weighted by Gasteiger charge is 2.12. The molecule has 17 heavy (non-hydrogen) atoms. The molecule has 0 bridgehead atoms. The molecule has 5 heteroatoms. The second kappa shape index (κ2) is 3.63. The molecule has 3 rings (SSSR count). The van der Waals surface area contributed by atoms with Gasteiger partial charge < -0.3 is 0 Å². The molecule has 3 heterocycles. The van der Waals surface area contributed by atoms with E-state index in [1.165, 1.54) is 10.6 Å². The van der Waals surface area contributed by atoms with Crippen LogP contribution in [0.2, 0.25) is 0 Å². The fourth-order valence-electron chi connectivity index (χ4n) is 1.83. The predicted molar refractivity (Wildman–Crippen MR) is 68.3 cm³/mol. The Balaban J connectivity index is 2.23. The first kappa shape index (κ1) is 10.4. The summed E-state index contributed by atoms with van der Waals surface area (Å²) in [6.45, 7) is 6.17. The van der Waals surface area contributed by atoms with Crippen LogP contribution in [-0.2, 0) is 0 Å². The SMILES string of the molecule is Cc1nccnc1-c1cn2c(C)c(C)sc2n1. The Labute approximate surface area is 103 Å². The molecule has 0 saturated heterocycles. The van der Waals surface area contributed by atoms with Crippen LogP contribution in [0.3, 0.4) is 0 Å². The first-order valence-corrected chi connectivity index (χ1v) is 6.21. The Morgan fingerprint density at radius 2 is 1.88 bits per heavy atom. The minimum absolute atomic E-state index is 0.862. The van der Waals surface area contributed by atoms with Gasteiger partial charge in [-0.05, 0) is 20.8 Å². The number of hydrogen-bond acceptors (Lipinski definition) is 4. The van der Waals surface area contributed by atoms with Crippen LogP contribution in [0.4, 0.5) is 0 Å². The first-order chi connectivity index (χ1) is 8.16. The Hall–Kier alpha value is -1.75. The van der Waals surface area contributed by atoms with E-state index in [9.17, 15) is 0 Å². The summed E-state index contributed by atoms with van der Waals surface area (Å²) in [5.41, 5.74) is 3.91. The Bertz CT molecular complexity index is 696. The van der Waals surface area contributed by atoms with Gasteiger partial charge in [0.05, 0.1) is 5.69 Å². The third-order valence-corrected chi connectivity index (χ3v) is 3.98. The molecule has 3 aromatic heterocycles. The van der Waals surface area contributed by atoms with E-state index in [2.05, 4.69) is 33.2 Å². The largest absolute Gasteiger partial charge is 0.294 e. The zero-order valence-electron chi connectivity index (χ0n) is 9.93. The maximum absolute atomic E-state index is 4.60. The molecule has 86 valence electrons. The summed E-state index contributed by atoms with van der Waals surface area (Å²) in [6.07, 6.45) is 5.44. The zero-order valence-corrected chi connectivity index (χ0v) is 10.7. The van der Waals surface area contributed by atoms with Gasteiger partial charge in [0.15, 0.2) is 4.96 Å². The molecule has 0 amide bonds. The molecular formula is C12H12N4S. The third-order valence-electron chi connectivity index (χ3n) is 2.91. The molecule has 0 aliphatic rings. The van der Waals surface area contributed by atoms with Crippen molar-refractivity contribution in [2.45, 2.75) is 20.8 Å². The predicted octanol–water partition coefficient (Wildman–Crippen LogP) is 2.78. The number of aromatic nitrogens is 4. The fraction of sp³-hybridized carbons (Fsp3) is 0.250. The van der Waals surface area contributed by atoms with Crippen molar-refractivity contribution < 1.29 is 0 Å². The number of nitrogens with zero attached hydrogens (tertiary/aromatic N) is 4. The minimum atomic E-state index is 0.862. The molecule has 0 unspecified atom stereocenters. The van der Waals surface area contributed by atoms with Crippen LogP contribution in [0.15, 0.2) is 18.6 Å². The molecular weight excluding hydrogens is 232 g/mol. The van der Waals surface area contributed by atoms with Crippen molar-refractivity contribution in [3.05, 3.63) is 34.9 Å². The summed E-state index contributed by atoms with van der Waals surface area (Å²) in [5.74, 6) is 0. The van der Waals surface area contributed by atoms with Gasteiger partial charge in [-0.15, -0.1) is 11.3 Å². The van der Waals surface area contributed by atoms with E-state index in [0.717, 1.165) is 22.0 Å². The molecule has 0 radical (unpaired) electrons. The van der Waals surface area contributed by atoms with Crippen LogP contribution in [0.5, 0.6) is 0 Å². The normalized spacial score (nSPS) is 11.2. The van der Waals surface area contributed by atoms with Crippen LogP contribution in [0.1, 0.15) is 16.3 Å². The highest BCUT2D eigenvalue weighted by molar-refractivity contribution is 7.17. The van der Waals surface area contributed by atoms with Gasteiger partial charge in [0.25, 0.3) is 0 Å². The molecule has 0 aliphatic carbocycles. The molecule has 0 aliphatic heterocycles. The lowest BCUT2D eigenvalue weighted by Gasteiger charge is -1.98. The number of rotatable bonds is 1. The Morgan fingerprint density at radius 3 is 2.59 bits per heavy atom. The van der Waals surface area contributed by atoms with E-state index >= 15 is 0 Å². The van der Waals surface area contributed by atoms with Gasteiger partial charge in [-0.3, -0.25) is 14.4 Å². The van der Waals surface area contributed by atoms with Crippen LogP contribution in [0, 0.1) is 20.8 Å². The average Bonchev–Trinajstić information content (AvgIpc) is 2.81. The standard InChI is InChI=1S/C12H12N4S/c1-7-11(14-5-4-13-7)10-6-16-8(2)9(3)17-12(16)15-10/h4-6H,1-3H3. The topological polar surface area (TPSA) is 43.1 Å². The van der Waals surface area contributed by atoms with Gasteiger partial charge in [0, 0.05) is 29.2 Å². The minimum Gasteiger partial charge on any atom is -0.294 e. The van der Waals surface area contributed by atoms with E-state index in [1.807, 2.05) is 13.1 Å². The van der Waals surface area contributed by atoms with Crippen LogP contribution >= 0.6 is 11.3 Å². The van der Waals surface area contributed by atoms with E-state index < -0.39 is 0 Å². The van der Waals surface area contributed by atoms with E-state index in [-0.39, 0.29) is 0 Å². The summed E-state index contributed by atoms with van der Waals surface area (Å²) in [7, 11) is 0. The number of hydrogen-bond donors (Lipinski definition) is 0. The third kappa shape index (κ3) is 1.54. The highest BCUT2D eigenvalue weighted by Crippen LogP contribution is 2.26. The lowest BCUT2D eigenvalue weighted by Crippen LogP contribution is -1.90. The van der Waals surface area contributed by atoms with Gasteiger partial charge in [-0.25, -0.2) is 4.98 Å². The maximum Gasteiger partial charge on any atom is 0.194 e. The zero-order chi connectivity index (χ0) is 12.0. The summed E-state index contributed by atoms with van der Waals surface area (Å²) in [4.78, 5) is 15.5. The van der Waals surface area contributed by atoms with Crippen LogP contribution in [-0.4, -0.2) is 19.4 Å². The van der Waals surface area contributed by atoms with Crippen LogP contribution < -0.4 is 0 Å². The Morgan fingerprint density at radius 1 is 1.12 bits per heavy atom. The summed E-state index contributed by atoms with van der Waals surface area (Å²) < 4.78 is 2.11. The fourth-order valence-corrected chi connectivity index (χ4v) is 2.78. The highest BCUT2D eigenvalue weighted by atomic mass is 32.1. The van der Waals surface area contributed by atoms with E-state index in [4.69, 9.17) is 0 Å². The molecule has 0 fully saturated rings. The summed E-state index contributed by atoms with van der Waals surface area (Å²) in [6, 6.07) is 0. The second-order valence-corrected chi connectivity index (χ2v) is 5.19. The lowest BCUT2D eigenvalue weighted by atomic mass is 10.2. The van der Waals surface area contributed by atoms with Gasteiger partial charge in [0.2, 0.25) is 0 Å². The van der Waals surface area contributed by atoms with Crippen molar-refractivity contribution in [2.75, 3.05) is 0 Å². The van der Waals surface area contributed by atoms with Gasteiger partial charge in [0.1, 0.15) is 11.4 Å². The molecule has 0 saturated carbocycles. The van der Waals surface area contributed by atoms with Crippen molar-refractivity contribution >= 4 is 16.3 Å². The maximum atomic E-state index is 4.60. The van der Waals surface area contributed by atoms with Crippen molar-refractivity contribution in [2.24, 2.45) is 0 Å². The van der Waals surface area contributed by atoms with Gasteiger partial charge in [-0.2, -0.15) is 0 Å². The van der Waals surface area contributed by atoms with Crippen molar-refractivity contribution in [3.8, 4) is 11.4 Å². The van der Waals surface area contributed by atoms with Gasteiger partial charge in [-0.1, -0.05) is 0 Å². The van der Waals surface area contributed by atoms with Crippen LogP contribution in [0.25, 0.3) is 16.3 Å². The summed E-state index contributed by atoms with van der Waals surface area (Å²) >= 11 is 1.70. The molecule has 0 N–H and O–H groups in total. The van der Waals surface area contributed by atoms with Crippen molar-refractivity contribution in [1.82, 2.24) is 19.4 Å². The molecule has 0 atom stereocenters. The second-order valence-electron chi connectivity index (χ2n) is 4.01. The quantitative estimate of drug-likeness (QED) is 0.661. The lowest BCUT2D eigenvalue weighted by molar-refractivity contribution is 1.10. The van der Waals surface area contributed by atoms with E-state index in [0.29, 0.717) is 0 Å². The molecule has 4 nitrogen and oxygen atoms in total. The monoisotopic (exact) mass is 244 g/mol. The average molecular weight is 244 g/mol. The summed E-state index contributed by atoms with van der Waals surface area (Å²) in [5, 5.41) is 0. The number of aryl methyl sites for hydroxylation is 3. The molecule has 0 aromatic carbocycles. The smallest absolute Gasteiger partial charge is 0.194 e. The van der Waals surface area contributed by atoms with E-state index in [1.54, 1.807) is 23.7 Å². The van der Waals surface area contributed by atoms with Crippen molar-refractivity contribution in [1.29, 1.82) is 0 Å². The number of fused-ring (bicyclic) bond motifs is 1. The number of imidazole rings is 1. The first-order valence-electron chi connectivity index (χ1n) is 5.40. The number of thiazole rings is 1. The molecule has 0 spiro atoms.